The molecule has 0 aliphatic carbocycles. The van der Waals surface area contributed by atoms with Crippen LogP contribution in [0.3, 0.4) is 0 Å². The minimum absolute atomic E-state index is 0.00754. The number of benzene rings is 1. The fraction of sp³-hybridized carbons (Fsp3) is 0.500. The van der Waals surface area contributed by atoms with Gasteiger partial charge in [0.15, 0.2) is 0 Å². The third kappa shape index (κ3) is 2.37. The number of aromatic carboxylic acids is 1. The molecular formula is C16H20N2O3. The maximum Gasteiger partial charge on any atom is 0.335 e. The van der Waals surface area contributed by atoms with E-state index in [0.29, 0.717) is 12.5 Å². The van der Waals surface area contributed by atoms with Crippen LogP contribution < -0.4 is 4.90 Å². The zero-order valence-electron chi connectivity index (χ0n) is 12.4. The van der Waals surface area contributed by atoms with Crippen molar-refractivity contribution in [2.75, 3.05) is 18.0 Å². The Morgan fingerprint density at radius 3 is 2.67 bits per heavy atom. The SMILES string of the molecule is CC1CC(C)N(C(=O)N2CCc3ccc(C(=O)O)cc32)C1. The predicted molar refractivity (Wildman–Crippen MR) is 79.8 cm³/mol. The molecule has 0 aromatic heterocycles. The monoisotopic (exact) mass is 288 g/mol. The molecule has 1 aromatic carbocycles. The number of anilines is 1. The number of hydrogen-bond donors (Lipinski definition) is 1. The minimum Gasteiger partial charge on any atom is -0.478 e. The smallest absolute Gasteiger partial charge is 0.335 e. The van der Waals surface area contributed by atoms with Gasteiger partial charge in [0.1, 0.15) is 0 Å². The highest BCUT2D eigenvalue weighted by Crippen LogP contribution is 2.32. The highest BCUT2D eigenvalue weighted by Gasteiger charge is 2.35. The van der Waals surface area contributed by atoms with Crippen LogP contribution in [-0.4, -0.2) is 41.1 Å². The molecule has 5 nitrogen and oxygen atoms in total. The number of hydrogen-bond acceptors (Lipinski definition) is 2. The summed E-state index contributed by atoms with van der Waals surface area (Å²) in [6.07, 6.45) is 1.82. The van der Waals surface area contributed by atoms with E-state index in [9.17, 15) is 9.59 Å². The molecule has 2 amide bonds. The van der Waals surface area contributed by atoms with Gasteiger partial charge in [0.25, 0.3) is 0 Å². The largest absolute Gasteiger partial charge is 0.478 e. The molecule has 0 spiro atoms. The van der Waals surface area contributed by atoms with Crippen LogP contribution >= 0.6 is 0 Å². The number of likely N-dealkylation sites (tertiary alicyclic amines) is 1. The number of rotatable bonds is 1. The van der Waals surface area contributed by atoms with E-state index >= 15 is 0 Å². The Hall–Kier alpha value is -2.04. The lowest BCUT2D eigenvalue weighted by Crippen LogP contribution is -2.44. The molecule has 3 rings (SSSR count). The van der Waals surface area contributed by atoms with Crippen LogP contribution in [-0.2, 0) is 6.42 Å². The Bertz CT molecular complexity index is 599. The zero-order valence-corrected chi connectivity index (χ0v) is 12.4. The van der Waals surface area contributed by atoms with Gasteiger partial charge in [-0.2, -0.15) is 0 Å². The van der Waals surface area contributed by atoms with Crippen molar-refractivity contribution in [2.45, 2.75) is 32.7 Å². The quantitative estimate of drug-likeness (QED) is 0.864. The first kappa shape index (κ1) is 13.9. The van der Waals surface area contributed by atoms with Crippen LogP contribution in [0.5, 0.6) is 0 Å². The van der Waals surface area contributed by atoms with Gasteiger partial charge in [-0.15, -0.1) is 0 Å². The molecule has 21 heavy (non-hydrogen) atoms. The predicted octanol–water partition coefficient (Wildman–Crippen LogP) is 2.60. The van der Waals surface area contributed by atoms with Crippen LogP contribution in [0.4, 0.5) is 10.5 Å². The molecule has 0 bridgehead atoms. The van der Waals surface area contributed by atoms with E-state index in [1.165, 1.54) is 0 Å². The van der Waals surface area contributed by atoms with Crippen molar-refractivity contribution in [1.29, 1.82) is 0 Å². The number of carboxylic acid groups (broad SMARTS) is 1. The van der Waals surface area contributed by atoms with Crippen LogP contribution in [0.25, 0.3) is 0 Å². The summed E-state index contributed by atoms with van der Waals surface area (Å²) in [5.74, 6) is -0.434. The molecule has 112 valence electrons. The molecule has 2 heterocycles. The zero-order chi connectivity index (χ0) is 15.1. The Morgan fingerprint density at radius 2 is 2.05 bits per heavy atom. The minimum atomic E-state index is -0.958. The van der Waals surface area contributed by atoms with Crippen LogP contribution in [0.1, 0.15) is 36.2 Å². The average molecular weight is 288 g/mol. The van der Waals surface area contributed by atoms with E-state index in [-0.39, 0.29) is 17.6 Å². The second-order valence-corrected chi connectivity index (χ2v) is 6.18. The van der Waals surface area contributed by atoms with E-state index < -0.39 is 5.97 Å². The summed E-state index contributed by atoms with van der Waals surface area (Å²) in [5.41, 5.74) is 2.04. The van der Waals surface area contributed by atoms with Gasteiger partial charge in [0.2, 0.25) is 0 Å². The Labute approximate surface area is 124 Å². The fourth-order valence-corrected chi connectivity index (χ4v) is 3.43. The summed E-state index contributed by atoms with van der Waals surface area (Å²) >= 11 is 0. The van der Waals surface area contributed by atoms with Crippen LogP contribution in [0.2, 0.25) is 0 Å². The van der Waals surface area contributed by atoms with Gasteiger partial charge in [-0.3, -0.25) is 4.90 Å². The lowest BCUT2D eigenvalue weighted by molar-refractivity contribution is 0.0697. The Morgan fingerprint density at radius 1 is 1.29 bits per heavy atom. The molecule has 1 fully saturated rings. The number of carboxylic acids is 1. The van der Waals surface area contributed by atoms with Gasteiger partial charge in [-0.1, -0.05) is 13.0 Å². The van der Waals surface area contributed by atoms with Crippen molar-refractivity contribution in [3.8, 4) is 0 Å². The van der Waals surface area contributed by atoms with Gasteiger partial charge in [0, 0.05) is 24.8 Å². The molecule has 2 atom stereocenters. The van der Waals surface area contributed by atoms with Crippen molar-refractivity contribution < 1.29 is 14.7 Å². The van der Waals surface area contributed by atoms with Crippen LogP contribution in [0, 0.1) is 5.92 Å². The summed E-state index contributed by atoms with van der Waals surface area (Å²) in [5, 5.41) is 9.12. The van der Waals surface area contributed by atoms with Crippen molar-refractivity contribution in [3.05, 3.63) is 29.3 Å². The summed E-state index contributed by atoms with van der Waals surface area (Å²) in [6, 6.07) is 5.30. The first-order valence-electron chi connectivity index (χ1n) is 7.41. The van der Waals surface area contributed by atoms with Crippen molar-refractivity contribution in [1.82, 2.24) is 4.90 Å². The summed E-state index contributed by atoms with van der Waals surface area (Å²) in [6.45, 7) is 5.65. The van der Waals surface area contributed by atoms with E-state index in [1.807, 2.05) is 11.0 Å². The summed E-state index contributed by atoms with van der Waals surface area (Å²) in [7, 11) is 0. The number of amides is 2. The summed E-state index contributed by atoms with van der Waals surface area (Å²) < 4.78 is 0. The third-order valence-electron chi connectivity index (χ3n) is 4.49. The second-order valence-electron chi connectivity index (χ2n) is 6.18. The molecule has 5 heteroatoms. The van der Waals surface area contributed by atoms with E-state index in [4.69, 9.17) is 5.11 Å². The summed E-state index contributed by atoms with van der Waals surface area (Å²) in [4.78, 5) is 27.5. The number of carbonyl (C=O) groups is 2. The van der Waals surface area contributed by atoms with E-state index in [2.05, 4.69) is 13.8 Å². The second kappa shape index (κ2) is 5.06. The topological polar surface area (TPSA) is 60.9 Å². The number of nitrogens with zero attached hydrogens (tertiary/aromatic N) is 2. The third-order valence-corrected chi connectivity index (χ3v) is 4.49. The lowest BCUT2D eigenvalue weighted by atomic mass is 10.1. The first-order chi connectivity index (χ1) is 9.97. The average Bonchev–Trinajstić information content (AvgIpc) is 3.00. The van der Waals surface area contributed by atoms with Gasteiger partial charge in [0.05, 0.1) is 5.56 Å². The van der Waals surface area contributed by atoms with Gasteiger partial charge in [-0.25, -0.2) is 9.59 Å². The van der Waals surface area contributed by atoms with Crippen molar-refractivity contribution in [3.63, 3.8) is 0 Å². The lowest BCUT2D eigenvalue weighted by Gasteiger charge is -2.28. The van der Waals surface area contributed by atoms with Gasteiger partial charge < -0.3 is 10.0 Å². The van der Waals surface area contributed by atoms with Crippen molar-refractivity contribution in [2.24, 2.45) is 5.92 Å². The molecule has 1 N–H and O–H groups in total. The molecule has 2 unspecified atom stereocenters. The van der Waals surface area contributed by atoms with Gasteiger partial charge in [-0.05, 0) is 43.4 Å². The number of urea groups is 1. The van der Waals surface area contributed by atoms with E-state index in [0.717, 1.165) is 30.6 Å². The van der Waals surface area contributed by atoms with Crippen LogP contribution in [0.15, 0.2) is 18.2 Å². The Kier molecular flexibility index (Phi) is 3.35. The number of fused-ring (bicyclic) bond motifs is 1. The highest BCUT2D eigenvalue weighted by molar-refractivity contribution is 5.97. The molecule has 1 aromatic rings. The fourth-order valence-electron chi connectivity index (χ4n) is 3.43. The molecular weight excluding hydrogens is 268 g/mol. The Balaban J connectivity index is 1.88. The standard InChI is InChI=1S/C16H20N2O3/c1-10-7-11(2)18(9-10)16(21)17-6-5-12-3-4-13(15(19)20)8-14(12)17/h3-4,8,10-11H,5-7,9H2,1-2H3,(H,19,20). The molecule has 1 saturated heterocycles. The molecule has 2 aliphatic heterocycles. The maximum atomic E-state index is 12.8. The molecule has 0 saturated carbocycles. The normalized spacial score (nSPS) is 24.3. The first-order valence-corrected chi connectivity index (χ1v) is 7.41. The van der Waals surface area contributed by atoms with Gasteiger partial charge >= 0.3 is 12.0 Å². The maximum absolute atomic E-state index is 12.8. The number of carbonyl (C=O) groups excluding carboxylic acids is 1. The molecule has 0 radical (unpaired) electrons. The highest BCUT2D eigenvalue weighted by atomic mass is 16.4. The molecule has 2 aliphatic rings. The van der Waals surface area contributed by atoms with Crippen molar-refractivity contribution >= 4 is 17.7 Å². The van der Waals surface area contributed by atoms with E-state index in [1.54, 1.807) is 17.0 Å².